The molecule has 0 aliphatic heterocycles. The van der Waals surface area contributed by atoms with Crippen molar-refractivity contribution in [3.05, 3.63) is 88.9 Å². The Morgan fingerprint density at radius 2 is 1.67 bits per heavy atom. The summed E-state index contributed by atoms with van der Waals surface area (Å²) in [5, 5.41) is 7.99. The monoisotopic (exact) mass is 462 g/mol. The van der Waals surface area contributed by atoms with E-state index in [4.69, 9.17) is 21.1 Å². The van der Waals surface area contributed by atoms with E-state index < -0.39 is 0 Å². The van der Waals surface area contributed by atoms with Gasteiger partial charge in [0.05, 0.1) is 12.3 Å². The summed E-state index contributed by atoms with van der Waals surface area (Å²) in [6.07, 6.45) is 0. The average molecular weight is 463 g/mol. The molecule has 0 aliphatic rings. The van der Waals surface area contributed by atoms with E-state index in [0.717, 1.165) is 16.8 Å². The molecule has 3 aromatic carbocycles. The van der Waals surface area contributed by atoms with Crippen molar-refractivity contribution in [2.45, 2.75) is 6.92 Å². The number of carbonyl (C=O) groups is 1. The van der Waals surface area contributed by atoms with E-state index in [9.17, 15) is 4.79 Å². The summed E-state index contributed by atoms with van der Waals surface area (Å²) in [5.41, 5.74) is 4.03. The van der Waals surface area contributed by atoms with Gasteiger partial charge in [0, 0.05) is 28.9 Å². The fraction of sp³-hybridized carbons (Fsp3) is 0.160. The smallest absolute Gasteiger partial charge is 0.336 e. The predicted molar refractivity (Wildman–Crippen MR) is 128 cm³/mol. The van der Waals surface area contributed by atoms with Crippen molar-refractivity contribution in [3.8, 4) is 23.1 Å². The van der Waals surface area contributed by atoms with Gasteiger partial charge in [0.2, 0.25) is 0 Å². The van der Waals surface area contributed by atoms with Crippen LogP contribution in [-0.4, -0.2) is 41.0 Å². The van der Waals surface area contributed by atoms with E-state index in [2.05, 4.69) is 15.4 Å². The molecule has 0 spiro atoms. The average Bonchev–Trinajstić information content (AvgIpc) is 3.25. The molecule has 1 amide bonds. The van der Waals surface area contributed by atoms with Gasteiger partial charge < -0.3 is 14.8 Å². The molecule has 1 aromatic heterocycles. The molecule has 0 radical (unpaired) electrons. The third-order valence-electron chi connectivity index (χ3n) is 4.89. The highest BCUT2D eigenvalue weighted by atomic mass is 35.5. The quantitative estimate of drug-likeness (QED) is 0.365. The molecule has 1 N–H and O–H groups in total. The largest absolute Gasteiger partial charge is 0.460 e. The van der Waals surface area contributed by atoms with E-state index in [1.165, 1.54) is 0 Å². The van der Waals surface area contributed by atoms with E-state index in [0.29, 0.717) is 35.3 Å². The lowest BCUT2D eigenvalue weighted by Crippen LogP contribution is -2.11. The summed E-state index contributed by atoms with van der Waals surface area (Å²) in [7, 11) is 1.61. The van der Waals surface area contributed by atoms with Gasteiger partial charge in [0.1, 0.15) is 6.61 Å². The maximum atomic E-state index is 12.5. The number of anilines is 1. The molecule has 33 heavy (non-hydrogen) atoms. The molecule has 7 nitrogen and oxygen atoms in total. The SMILES string of the molecule is COCCOc1nc(-c2ccc(C)cc2)n(-c2ccc(NC(=O)c3ccc(Cl)cc3)cc2)n1. The lowest BCUT2D eigenvalue weighted by Gasteiger charge is -2.09. The molecule has 0 atom stereocenters. The number of rotatable bonds is 8. The zero-order valence-corrected chi connectivity index (χ0v) is 19.0. The van der Waals surface area contributed by atoms with Crippen molar-refractivity contribution >= 4 is 23.2 Å². The highest BCUT2D eigenvalue weighted by Gasteiger charge is 2.15. The van der Waals surface area contributed by atoms with Crippen LogP contribution in [0.4, 0.5) is 5.69 Å². The van der Waals surface area contributed by atoms with E-state index in [-0.39, 0.29) is 11.9 Å². The highest BCUT2D eigenvalue weighted by Crippen LogP contribution is 2.25. The first-order valence-electron chi connectivity index (χ1n) is 10.4. The van der Waals surface area contributed by atoms with Crippen LogP contribution >= 0.6 is 11.6 Å². The summed E-state index contributed by atoms with van der Waals surface area (Å²) >= 11 is 5.89. The number of hydrogen-bond donors (Lipinski definition) is 1. The van der Waals surface area contributed by atoms with Gasteiger partial charge in [-0.05, 0) is 55.5 Å². The van der Waals surface area contributed by atoms with Gasteiger partial charge in [0.25, 0.3) is 5.91 Å². The number of aromatic nitrogens is 3. The third kappa shape index (κ3) is 5.58. The summed E-state index contributed by atoms with van der Waals surface area (Å²) in [4.78, 5) is 17.0. The molecule has 1 heterocycles. The van der Waals surface area contributed by atoms with E-state index >= 15 is 0 Å². The van der Waals surface area contributed by atoms with E-state index in [1.807, 2.05) is 55.5 Å². The number of amides is 1. The second-order valence-corrected chi connectivity index (χ2v) is 7.78. The topological polar surface area (TPSA) is 78.3 Å². The molecule has 4 aromatic rings. The molecule has 0 saturated carbocycles. The summed E-state index contributed by atoms with van der Waals surface area (Å²) in [6, 6.07) is 22.4. The Hall–Kier alpha value is -3.68. The normalized spacial score (nSPS) is 10.8. The fourth-order valence-corrected chi connectivity index (χ4v) is 3.26. The Bertz CT molecular complexity index is 1220. The number of halogens is 1. The van der Waals surface area contributed by atoms with Crippen molar-refractivity contribution in [1.82, 2.24) is 14.8 Å². The van der Waals surface area contributed by atoms with E-state index in [1.54, 1.807) is 36.1 Å². The number of carbonyl (C=O) groups excluding carboxylic acids is 1. The number of ether oxygens (including phenoxy) is 2. The lowest BCUT2D eigenvalue weighted by atomic mass is 10.1. The van der Waals surface area contributed by atoms with Crippen LogP contribution in [0.3, 0.4) is 0 Å². The summed E-state index contributed by atoms with van der Waals surface area (Å²) in [6.45, 7) is 2.82. The Morgan fingerprint density at radius 3 is 2.33 bits per heavy atom. The number of benzene rings is 3. The van der Waals surface area contributed by atoms with Crippen molar-refractivity contribution < 1.29 is 14.3 Å². The molecule has 8 heteroatoms. The first kappa shape index (κ1) is 22.5. The van der Waals surface area contributed by atoms with Crippen LogP contribution in [0.25, 0.3) is 17.1 Å². The molecule has 0 aliphatic carbocycles. The van der Waals surface area contributed by atoms with Gasteiger partial charge in [-0.25, -0.2) is 4.68 Å². The second-order valence-electron chi connectivity index (χ2n) is 7.34. The minimum absolute atomic E-state index is 0.214. The maximum Gasteiger partial charge on any atom is 0.336 e. The number of nitrogens with one attached hydrogen (secondary N) is 1. The lowest BCUT2D eigenvalue weighted by molar-refractivity contribution is 0.102. The van der Waals surface area contributed by atoms with Crippen LogP contribution in [0.5, 0.6) is 6.01 Å². The van der Waals surface area contributed by atoms with Crippen LogP contribution in [0.1, 0.15) is 15.9 Å². The molecular formula is C25H23ClN4O3. The van der Waals surface area contributed by atoms with Crippen molar-refractivity contribution in [3.63, 3.8) is 0 Å². The summed E-state index contributed by atoms with van der Waals surface area (Å²) in [5.74, 6) is 0.440. The van der Waals surface area contributed by atoms with Gasteiger partial charge in [0.15, 0.2) is 5.82 Å². The maximum absolute atomic E-state index is 12.5. The first-order valence-corrected chi connectivity index (χ1v) is 10.7. The Balaban J connectivity index is 1.58. The van der Waals surface area contributed by atoms with Gasteiger partial charge in [-0.15, -0.1) is 5.10 Å². The van der Waals surface area contributed by atoms with Crippen molar-refractivity contribution in [1.29, 1.82) is 0 Å². The zero-order valence-electron chi connectivity index (χ0n) is 18.3. The number of methoxy groups -OCH3 is 1. The molecule has 168 valence electrons. The molecular weight excluding hydrogens is 440 g/mol. The zero-order chi connectivity index (χ0) is 23.2. The standard InChI is InChI=1S/C25H23ClN4O3/c1-17-3-5-18(6-4-17)23-28-25(33-16-15-32-2)29-30(23)22-13-11-21(12-14-22)27-24(31)19-7-9-20(26)10-8-19/h3-14H,15-16H2,1-2H3,(H,27,31). The first-order chi connectivity index (χ1) is 16.0. The third-order valence-corrected chi connectivity index (χ3v) is 5.14. The Morgan fingerprint density at radius 1 is 0.970 bits per heavy atom. The highest BCUT2D eigenvalue weighted by molar-refractivity contribution is 6.30. The molecule has 4 rings (SSSR count). The van der Waals surface area contributed by atoms with Gasteiger partial charge in [-0.3, -0.25) is 4.79 Å². The fourth-order valence-electron chi connectivity index (χ4n) is 3.13. The van der Waals surface area contributed by atoms with Crippen LogP contribution in [0.2, 0.25) is 5.02 Å². The van der Waals surface area contributed by atoms with Crippen LogP contribution in [0.15, 0.2) is 72.8 Å². The van der Waals surface area contributed by atoms with Gasteiger partial charge in [-0.1, -0.05) is 41.4 Å². The minimum Gasteiger partial charge on any atom is -0.460 e. The number of hydrogen-bond acceptors (Lipinski definition) is 5. The summed E-state index contributed by atoms with van der Waals surface area (Å²) < 4.78 is 12.4. The van der Waals surface area contributed by atoms with Crippen LogP contribution in [0, 0.1) is 6.92 Å². The predicted octanol–water partition coefficient (Wildman–Crippen LogP) is 5.17. The van der Waals surface area contributed by atoms with Gasteiger partial charge in [-0.2, -0.15) is 4.98 Å². The molecule has 0 saturated heterocycles. The van der Waals surface area contributed by atoms with Crippen LogP contribution < -0.4 is 10.1 Å². The Kier molecular flexibility index (Phi) is 7.02. The Labute approximate surface area is 196 Å². The molecule has 0 unspecified atom stereocenters. The number of aryl methyl sites for hydroxylation is 1. The van der Waals surface area contributed by atoms with Crippen molar-refractivity contribution in [2.24, 2.45) is 0 Å². The minimum atomic E-state index is -0.214. The second kappa shape index (κ2) is 10.3. The van der Waals surface area contributed by atoms with Crippen molar-refractivity contribution in [2.75, 3.05) is 25.6 Å². The van der Waals surface area contributed by atoms with Crippen LogP contribution in [-0.2, 0) is 4.74 Å². The molecule has 0 fully saturated rings. The number of nitrogens with zero attached hydrogens (tertiary/aromatic N) is 3. The molecule has 0 bridgehead atoms. The van der Waals surface area contributed by atoms with Gasteiger partial charge >= 0.3 is 6.01 Å².